The number of hydrogen-bond donors (Lipinski definition) is 0. The van der Waals surface area contributed by atoms with Crippen molar-refractivity contribution in [1.82, 2.24) is 9.97 Å². The van der Waals surface area contributed by atoms with Crippen LogP contribution in [-0.4, -0.2) is 15.9 Å². The summed E-state index contributed by atoms with van der Waals surface area (Å²) in [5.41, 5.74) is 3.52. The third-order valence-corrected chi connectivity index (χ3v) is 3.79. The van der Waals surface area contributed by atoms with E-state index in [-0.39, 0.29) is 12.3 Å². The van der Waals surface area contributed by atoms with Crippen molar-refractivity contribution >= 4 is 16.9 Å². The molecule has 3 aromatic rings. The molecular weight excluding hydrogens is 308 g/mol. The number of rotatable bonds is 3. The largest absolute Gasteiger partial charge is 0.456 e. The Morgan fingerprint density at radius 2 is 1.83 bits per heavy atom. The molecule has 0 atom stereocenters. The monoisotopic (exact) mass is 324 g/mol. The van der Waals surface area contributed by atoms with Gasteiger partial charge in [0.15, 0.2) is 5.69 Å². The fourth-order valence-corrected chi connectivity index (χ4v) is 2.32. The summed E-state index contributed by atoms with van der Waals surface area (Å²) in [6.07, 6.45) is 2.86. The van der Waals surface area contributed by atoms with Crippen molar-refractivity contribution in [3.8, 4) is 0 Å². The summed E-state index contributed by atoms with van der Waals surface area (Å²) < 4.78 is 10.5. The van der Waals surface area contributed by atoms with Gasteiger partial charge in [-0.15, -0.1) is 0 Å². The van der Waals surface area contributed by atoms with Crippen LogP contribution >= 0.6 is 0 Å². The van der Waals surface area contributed by atoms with Gasteiger partial charge >= 0.3 is 11.6 Å². The number of fused-ring (bicyclic) bond motifs is 1. The molecule has 0 unspecified atom stereocenters. The smallest absolute Gasteiger partial charge is 0.358 e. The first-order valence-electron chi connectivity index (χ1n) is 7.44. The molecule has 122 valence electrons. The van der Waals surface area contributed by atoms with Gasteiger partial charge in [0.2, 0.25) is 0 Å². The molecule has 6 nitrogen and oxygen atoms in total. The minimum atomic E-state index is -0.590. The Morgan fingerprint density at radius 1 is 1.08 bits per heavy atom. The van der Waals surface area contributed by atoms with E-state index in [9.17, 15) is 9.59 Å². The standard InChI is InChI=1S/C18H16N2O4/c1-10-4-14-13(6-17(21)24-16(14)5-11(10)2)9-23-18(22)15-8-19-12(3)7-20-15/h4-8H,9H2,1-3H3. The first kappa shape index (κ1) is 15.9. The van der Waals surface area contributed by atoms with Crippen LogP contribution in [-0.2, 0) is 11.3 Å². The van der Waals surface area contributed by atoms with Crippen LogP contribution in [0, 0.1) is 20.8 Å². The van der Waals surface area contributed by atoms with Crippen molar-refractivity contribution in [2.45, 2.75) is 27.4 Å². The molecule has 3 rings (SSSR count). The Balaban J connectivity index is 1.89. The Hall–Kier alpha value is -3.02. The first-order chi connectivity index (χ1) is 11.4. The van der Waals surface area contributed by atoms with Gasteiger partial charge in [-0.1, -0.05) is 0 Å². The molecule has 0 bridgehead atoms. The van der Waals surface area contributed by atoms with Crippen LogP contribution in [0.5, 0.6) is 0 Å². The Kier molecular flexibility index (Phi) is 4.12. The lowest BCUT2D eigenvalue weighted by atomic mass is 10.0. The van der Waals surface area contributed by atoms with Crippen LogP contribution in [0.4, 0.5) is 0 Å². The van der Waals surface area contributed by atoms with Crippen LogP contribution in [0.1, 0.15) is 32.9 Å². The predicted octanol–water partition coefficient (Wildman–Crippen LogP) is 2.87. The molecule has 0 fully saturated rings. The number of ether oxygens (including phenoxy) is 1. The number of hydrogen-bond acceptors (Lipinski definition) is 6. The van der Waals surface area contributed by atoms with Crippen LogP contribution in [0.15, 0.2) is 39.8 Å². The quantitative estimate of drug-likeness (QED) is 0.544. The number of benzene rings is 1. The summed E-state index contributed by atoms with van der Waals surface area (Å²) in [5.74, 6) is -0.590. The van der Waals surface area contributed by atoms with Gasteiger partial charge in [0.1, 0.15) is 12.2 Å². The number of nitrogens with zero attached hydrogens (tertiary/aromatic N) is 2. The number of aromatic nitrogens is 2. The molecule has 0 aliphatic heterocycles. The molecule has 1 aromatic carbocycles. The van der Waals surface area contributed by atoms with Crippen molar-refractivity contribution in [3.05, 3.63) is 69.1 Å². The van der Waals surface area contributed by atoms with Gasteiger partial charge < -0.3 is 9.15 Å². The Labute approximate surface area is 138 Å². The molecule has 24 heavy (non-hydrogen) atoms. The molecule has 2 aromatic heterocycles. The van der Waals surface area contributed by atoms with Crippen LogP contribution in [0.3, 0.4) is 0 Å². The van der Waals surface area contributed by atoms with Crippen LogP contribution in [0.2, 0.25) is 0 Å². The van der Waals surface area contributed by atoms with Crippen molar-refractivity contribution < 1.29 is 13.9 Å². The summed E-state index contributed by atoms with van der Waals surface area (Å²) in [6.45, 7) is 5.65. The fraction of sp³-hybridized carbons (Fsp3) is 0.222. The molecular formula is C18H16N2O4. The highest BCUT2D eigenvalue weighted by molar-refractivity contribution is 5.87. The van der Waals surface area contributed by atoms with Crippen LogP contribution in [0.25, 0.3) is 11.0 Å². The summed E-state index contributed by atoms with van der Waals surface area (Å²) in [7, 11) is 0. The minimum Gasteiger partial charge on any atom is -0.456 e. The van der Waals surface area contributed by atoms with Crippen molar-refractivity contribution in [3.63, 3.8) is 0 Å². The van der Waals surface area contributed by atoms with E-state index in [1.807, 2.05) is 26.0 Å². The zero-order valence-corrected chi connectivity index (χ0v) is 13.6. The maximum atomic E-state index is 12.0. The summed E-state index contributed by atoms with van der Waals surface area (Å²) in [5, 5.41) is 0.750. The Morgan fingerprint density at radius 3 is 2.54 bits per heavy atom. The van der Waals surface area contributed by atoms with Gasteiger partial charge in [-0.05, 0) is 44.0 Å². The molecule has 0 spiro atoms. The number of aryl methyl sites for hydroxylation is 3. The number of carbonyl (C=O) groups excluding carboxylic acids is 1. The second-order valence-corrected chi connectivity index (χ2v) is 5.64. The third kappa shape index (κ3) is 3.17. The van der Waals surface area contributed by atoms with Gasteiger partial charge in [0.05, 0.1) is 11.9 Å². The molecule has 0 aliphatic carbocycles. The van der Waals surface area contributed by atoms with E-state index >= 15 is 0 Å². The summed E-state index contributed by atoms with van der Waals surface area (Å²) in [4.78, 5) is 31.8. The molecule has 0 N–H and O–H groups in total. The third-order valence-electron chi connectivity index (χ3n) is 3.79. The SMILES string of the molecule is Cc1cnc(C(=O)OCc2cc(=O)oc3cc(C)c(C)cc23)cn1. The lowest BCUT2D eigenvalue weighted by Gasteiger charge is -2.09. The molecule has 6 heteroatoms. The molecule has 0 amide bonds. The average molecular weight is 324 g/mol. The topological polar surface area (TPSA) is 82.3 Å². The van der Waals surface area contributed by atoms with E-state index in [4.69, 9.17) is 9.15 Å². The van der Waals surface area contributed by atoms with Gasteiger partial charge in [-0.25, -0.2) is 14.6 Å². The Bertz CT molecular complexity index is 975. The summed E-state index contributed by atoms with van der Waals surface area (Å²) >= 11 is 0. The molecule has 2 heterocycles. The zero-order chi connectivity index (χ0) is 17.3. The zero-order valence-electron chi connectivity index (χ0n) is 13.6. The van der Waals surface area contributed by atoms with Gasteiger partial charge in [-0.3, -0.25) is 4.98 Å². The highest BCUT2D eigenvalue weighted by atomic mass is 16.5. The van der Waals surface area contributed by atoms with Crippen LogP contribution < -0.4 is 5.63 Å². The minimum absolute atomic E-state index is 0.0427. The lowest BCUT2D eigenvalue weighted by Crippen LogP contribution is -2.10. The summed E-state index contributed by atoms with van der Waals surface area (Å²) in [6, 6.07) is 5.07. The maximum absolute atomic E-state index is 12.0. The maximum Gasteiger partial charge on any atom is 0.358 e. The highest BCUT2D eigenvalue weighted by Gasteiger charge is 2.13. The first-order valence-corrected chi connectivity index (χ1v) is 7.44. The molecule has 0 aliphatic rings. The average Bonchev–Trinajstić information content (AvgIpc) is 2.54. The normalized spacial score (nSPS) is 10.8. The second kappa shape index (κ2) is 6.23. The van der Waals surface area contributed by atoms with E-state index in [0.29, 0.717) is 16.8 Å². The van der Waals surface area contributed by atoms with E-state index < -0.39 is 11.6 Å². The number of carbonyl (C=O) groups is 1. The highest BCUT2D eigenvalue weighted by Crippen LogP contribution is 2.22. The van der Waals surface area contributed by atoms with E-state index in [0.717, 1.165) is 16.5 Å². The van der Waals surface area contributed by atoms with Gasteiger partial charge in [0.25, 0.3) is 0 Å². The molecule has 0 saturated heterocycles. The van der Waals surface area contributed by atoms with Gasteiger partial charge in [0, 0.05) is 23.2 Å². The van der Waals surface area contributed by atoms with Gasteiger partial charge in [-0.2, -0.15) is 0 Å². The van der Waals surface area contributed by atoms with E-state index in [1.165, 1.54) is 18.5 Å². The lowest BCUT2D eigenvalue weighted by molar-refractivity contribution is 0.0466. The fourth-order valence-electron chi connectivity index (χ4n) is 2.32. The van der Waals surface area contributed by atoms with Crippen molar-refractivity contribution in [2.24, 2.45) is 0 Å². The molecule has 0 radical (unpaired) electrons. The molecule has 0 saturated carbocycles. The van der Waals surface area contributed by atoms with Crippen molar-refractivity contribution in [1.29, 1.82) is 0 Å². The second-order valence-electron chi connectivity index (χ2n) is 5.64. The van der Waals surface area contributed by atoms with E-state index in [2.05, 4.69) is 9.97 Å². The van der Waals surface area contributed by atoms with Crippen molar-refractivity contribution in [2.75, 3.05) is 0 Å². The van der Waals surface area contributed by atoms with E-state index in [1.54, 1.807) is 6.92 Å². The number of esters is 1. The predicted molar refractivity (Wildman–Crippen MR) is 87.8 cm³/mol.